The van der Waals surface area contributed by atoms with Crippen molar-refractivity contribution >= 4 is 33.3 Å². The highest BCUT2D eigenvalue weighted by Gasteiger charge is 2.30. The maximum absolute atomic E-state index is 5.51. The summed E-state index contributed by atoms with van der Waals surface area (Å²) < 4.78 is 2.25. The van der Waals surface area contributed by atoms with Crippen molar-refractivity contribution < 1.29 is 0 Å². The highest BCUT2D eigenvalue weighted by Crippen LogP contribution is 2.44. The second-order valence-corrected chi connectivity index (χ2v) is 19.4. The van der Waals surface area contributed by atoms with Crippen molar-refractivity contribution in [3.63, 3.8) is 0 Å². The number of nitrogens with zero attached hydrogens (tertiary/aromatic N) is 5. The van der Waals surface area contributed by atoms with Crippen molar-refractivity contribution in [2.75, 3.05) is 0 Å². The molecule has 1 aliphatic rings. The van der Waals surface area contributed by atoms with E-state index in [4.69, 9.17) is 19.9 Å². The van der Waals surface area contributed by atoms with Gasteiger partial charge in [-0.25, -0.2) is 15.0 Å². The Morgan fingerprint density at radius 3 is 1.51 bits per heavy atom. The summed E-state index contributed by atoms with van der Waals surface area (Å²) in [6.45, 7) is 0. The van der Waals surface area contributed by atoms with Crippen LogP contribution in [0.4, 0.5) is 5.69 Å². The summed E-state index contributed by atoms with van der Waals surface area (Å²) >= 11 is 0. The highest BCUT2D eigenvalue weighted by atomic mass is 15.1. The first-order valence-corrected chi connectivity index (χ1v) is 25.8. The van der Waals surface area contributed by atoms with E-state index >= 15 is 0 Å². The number of hydrogen-bond acceptors (Lipinski definition) is 4. The fourth-order valence-electron chi connectivity index (χ4n) is 11.0. The lowest BCUT2D eigenvalue weighted by Gasteiger charge is -2.16. The molecule has 0 aliphatic carbocycles. The molecule has 0 saturated heterocycles. The topological polar surface area (TPSA) is 56.0 Å². The van der Waals surface area contributed by atoms with Gasteiger partial charge in [-0.1, -0.05) is 237 Å². The maximum atomic E-state index is 5.51. The number of rotatable bonds is 10. The van der Waals surface area contributed by atoms with Gasteiger partial charge in [0.25, 0.3) is 0 Å². The van der Waals surface area contributed by atoms with Gasteiger partial charge < -0.3 is 0 Å². The van der Waals surface area contributed by atoms with E-state index in [2.05, 4.69) is 271 Å². The van der Waals surface area contributed by atoms with E-state index < -0.39 is 0 Å². The molecular weight excluding hydrogens is 923 g/mol. The van der Waals surface area contributed by atoms with Crippen LogP contribution in [-0.4, -0.2) is 25.2 Å². The molecule has 1 aliphatic heterocycles. The Morgan fingerprint density at radius 2 is 0.855 bits per heavy atom. The van der Waals surface area contributed by atoms with Crippen molar-refractivity contribution in [1.29, 1.82) is 0 Å². The minimum Gasteiger partial charge on any atom is -0.292 e. The molecule has 356 valence electrons. The van der Waals surface area contributed by atoms with Gasteiger partial charge in [-0.2, -0.15) is 0 Å². The molecular formula is C71H47N5. The molecule has 0 saturated carbocycles. The third-order valence-electron chi connectivity index (χ3n) is 14.7. The van der Waals surface area contributed by atoms with Crippen LogP contribution in [0.15, 0.2) is 284 Å². The number of benzene rings is 11. The van der Waals surface area contributed by atoms with Gasteiger partial charge in [0.05, 0.1) is 39.6 Å². The van der Waals surface area contributed by atoms with Gasteiger partial charge >= 0.3 is 0 Å². The van der Waals surface area contributed by atoms with Gasteiger partial charge in [-0.15, -0.1) is 0 Å². The summed E-state index contributed by atoms with van der Waals surface area (Å²) in [6, 6.07) is 98.7. The normalized spacial score (nSPS) is 12.9. The van der Waals surface area contributed by atoms with Gasteiger partial charge in [0, 0.05) is 33.3 Å². The maximum Gasteiger partial charge on any atom is 0.160 e. The van der Waals surface area contributed by atoms with Gasteiger partial charge in [0.15, 0.2) is 5.82 Å². The average molecular weight is 970 g/mol. The molecule has 2 aromatic heterocycles. The van der Waals surface area contributed by atoms with E-state index in [9.17, 15) is 0 Å². The number of fused-ring (bicyclic) bond motifs is 3. The molecule has 1 atom stereocenters. The lowest BCUT2D eigenvalue weighted by molar-refractivity contribution is 1.10. The van der Waals surface area contributed by atoms with Gasteiger partial charge in [-0.3, -0.25) is 9.56 Å². The zero-order valence-corrected chi connectivity index (χ0v) is 41.4. The SMILES string of the molecule is c1ccc(C2=Nc3cc(-c4ccc(-c5nc(-c6ccc(-c7ccc8c(c7)nc(-c7ccccc7)n8-c7ccccc7)cc6)c6cc(-c7ccccc7)cc(-c7ccccc7)c6n5)cc4)ccc3C2c2ccccc2)cc1. The number of para-hydroxylation sites is 1. The van der Waals surface area contributed by atoms with Crippen LogP contribution < -0.4 is 0 Å². The van der Waals surface area contributed by atoms with Crippen molar-refractivity contribution in [2.24, 2.45) is 4.99 Å². The highest BCUT2D eigenvalue weighted by molar-refractivity contribution is 6.12. The Labute approximate surface area is 441 Å². The molecule has 0 N–H and O–H groups in total. The van der Waals surface area contributed by atoms with Crippen molar-refractivity contribution in [1.82, 2.24) is 19.5 Å². The molecule has 0 bridgehead atoms. The zero-order valence-electron chi connectivity index (χ0n) is 41.4. The Hall–Kier alpha value is -10.1. The Kier molecular flexibility index (Phi) is 11.2. The summed E-state index contributed by atoms with van der Waals surface area (Å²) in [5, 5.41) is 0.983. The summed E-state index contributed by atoms with van der Waals surface area (Å²) in [5.41, 5.74) is 22.3. The largest absolute Gasteiger partial charge is 0.292 e. The Balaban J connectivity index is 0.870. The summed E-state index contributed by atoms with van der Waals surface area (Å²) in [7, 11) is 0. The van der Waals surface area contributed by atoms with E-state index in [0.717, 1.165) is 117 Å². The van der Waals surface area contributed by atoms with E-state index in [0.29, 0.717) is 5.82 Å². The van der Waals surface area contributed by atoms with E-state index in [1.54, 1.807) is 0 Å². The third kappa shape index (κ3) is 8.17. The second-order valence-electron chi connectivity index (χ2n) is 19.4. The summed E-state index contributed by atoms with van der Waals surface area (Å²) in [5.74, 6) is 1.63. The number of imidazole rings is 1. The fraction of sp³-hybridized carbons (Fsp3) is 0.0141. The van der Waals surface area contributed by atoms with Crippen molar-refractivity contribution in [3.05, 3.63) is 296 Å². The van der Waals surface area contributed by atoms with E-state index in [-0.39, 0.29) is 5.92 Å². The number of hydrogen-bond donors (Lipinski definition) is 0. The fourth-order valence-corrected chi connectivity index (χ4v) is 11.0. The van der Waals surface area contributed by atoms with Crippen molar-refractivity contribution in [2.45, 2.75) is 5.92 Å². The smallest absolute Gasteiger partial charge is 0.160 e. The number of aliphatic imine (C=N–C) groups is 1. The van der Waals surface area contributed by atoms with Crippen LogP contribution in [0.5, 0.6) is 0 Å². The predicted octanol–water partition coefficient (Wildman–Crippen LogP) is 17.9. The molecule has 1 unspecified atom stereocenters. The number of aromatic nitrogens is 4. The van der Waals surface area contributed by atoms with Gasteiger partial charge in [-0.05, 0) is 98.1 Å². The standard InChI is InChI=1S/C71H47N5/c1-7-19-47(20-8-1)58-43-61(50-21-9-2-10-22-50)69-62(44-58)67(53-35-31-48(32-36-53)57-40-42-65-64(46-57)73-71(55-27-15-5-16-28-55)76(65)59-29-17-6-18-30-59)74-70(75-69)54-37-33-49(34-38-54)56-39-41-60-63(45-56)72-68(52-25-13-4-14-26-52)66(60)51-23-11-3-12-24-51/h1-46,66H. The first-order chi connectivity index (χ1) is 37.7. The van der Waals surface area contributed by atoms with Crippen molar-refractivity contribution in [3.8, 4) is 84.2 Å². The molecule has 5 nitrogen and oxygen atoms in total. The first kappa shape index (κ1) is 44.6. The first-order valence-electron chi connectivity index (χ1n) is 25.8. The Bertz CT molecular complexity index is 4270. The van der Waals surface area contributed by atoms with Crippen LogP contribution in [0, 0.1) is 0 Å². The molecule has 76 heavy (non-hydrogen) atoms. The van der Waals surface area contributed by atoms with Crippen LogP contribution in [0.25, 0.3) is 106 Å². The molecule has 5 heteroatoms. The average Bonchev–Trinajstić information content (AvgIpc) is 4.15. The summed E-state index contributed by atoms with van der Waals surface area (Å²) in [6.07, 6.45) is 0. The molecule has 0 spiro atoms. The molecule has 0 radical (unpaired) electrons. The molecule has 0 amide bonds. The van der Waals surface area contributed by atoms with Crippen LogP contribution in [0.1, 0.15) is 22.6 Å². The third-order valence-corrected chi connectivity index (χ3v) is 14.7. The Morgan fingerprint density at radius 1 is 0.342 bits per heavy atom. The van der Waals surface area contributed by atoms with Crippen LogP contribution in [0.2, 0.25) is 0 Å². The molecule has 3 heterocycles. The lowest BCUT2D eigenvalue weighted by atomic mass is 9.85. The minimum absolute atomic E-state index is 0.0593. The predicted molar refractivity (Wildman–Crippen MR) is 313 cm³/mol. The van der Waals surface area contributed by atoms with Crippen LogP contribution in [-0.2, 0) is 0 Å². The monoisotopic (exact) mass is 969 g/mol. The minimum atomic E-state index is 0.0593. The van der Waals surface area contributed by atoms with E-state index in [1.165, 1.54) is 11.1 Å². The van der Waals surface area contributed by atoms with Gasteiger partial charge in [0.2, 0.25) is 0 Å². The zero-order chi connectivity index (χ0) is 50.4. The van der Waals surface area contributed by atoms with Crippen LogP contribution >= 0.6 is 0 Å². The quantitative estimate of drug-likeness (QED) is 0.137. The summed E-state index contributed by atoms with van der Waals surface area (Å²) in [4.78, 5) is 21.5. The lowest BCUT2D eigenvalue weighted by Crippen LogP contribution is -2.11. The van der Waals surface area contributed by atoms with Gasteiger partial charge in [0.1, 0.15) is 5.82 Å². The molecule has 0 fully saturated rings. The molecule has 11 aromatic carbocycles. The van der Waals surface area contributed by atoms with Crippen LogP contribution in [0.3, 0.4) is 0 Å². The molecule has 13 aromatic rings. The second kappa shape index (κ2) is 19.1. The molecule has 14 rings (SSSR count). The van der Waals surface area contributed by atoms with E-state index in [1.807, 2.05) is 12.1 Å².